The average Bonchev–Trinajstić information content (AvgIpc) is 2.75. The van der Waals surface area contributed by atoms with Crippen LogP contribution < -0.4 is 5.56 Å². The second kappa shape index (κ2) is 9.27. The second-order valence-corrected chi connectivity index (χ2v) is 8.88. The lowest BCUT2D eigenvalue weighted by Crippen LogP contribution is -2.44. The Morgan fingerprint density at radius 2 is 1.86 bits per heavy atom. The predicted molar refractivity (Wildman–Crippen MR) is 122 cm³/mol. The van der Waals surface area contributed by atoms with E-state index in [9.17, 15) is 4.79 Å². The molecule has 1 aliphatic carbocycles. The van der Waals surface area contributed by atoms with Crippen LogP contribution in [0.2, 0.25) is 0 Å². The Morgan fingerprint density at radius 3 is 2.59 bits per heavy atom. The summed E-state index contributed by atoms with van der Waals surface area (Å²) in [6.45, 7) is 7.73. The molecule has 1 aromatic carbocycles. The van der Waals surface area contributed by atoms with Crippen molar-refractivity contribution in [1.82, 2.24) is 14.8 Å². The molecular formula is C25H35N3O. The van der Waals surface area contributed by atoms with E-state index in [1.54, 1.807) is 0 Å². The number of nitrogens with one attached hydrogen (secondary N) is 1. The Morgan fingerprint density at radius 1 is 1.10 bits per heavy atom. The molecule has 0 spiro atoms. The first-order chi connectivity index (χ1) is 14.1. The maximum absolute atomic E-state index is 12.2. The normalized spacial score (nSPS) is 20.4. The number of fused-ring (bicyclic) bond motifs is 1. The van der Waals surface area contributed by atoms with Gasteiger partial charge in [0.25, 0.3) is 5.56 Å². The Balaban J connectivity index is 1.65. The second-order valence-electron chi connectivity index (χ2n) is 8.88. The molecule has 2 heterocycles. The average molecular weight is 394 g/mol. The van der Waals surface area contributed by atoms with Crippen molar-refractivity contribution in [3.63, 3.8) is 0 Å². The van der Waals surface area contributed by atoms with Gasteiger partial charge in [-0.3, -0.25) is 9.69 Å². The highest BCUT2D eigenvalue weighted by Gasteiger charge is 2.20. The highest BCUT2D eigenvalue weighted by Crippen LogP contribution is 2.36. The Labute approximate surface area is 174 Å². The first-order valence-electron chi connectivity index (χ1n) is 11.4. The number of likely N-dealkylation sites (N-methyl/N-ethyl adjacent to an activating group) is 1. The van der Waals surface area contributed by atoms with Crippen LogP contribution in [0.3, 0.4) is 0 Å². The standard InChI is InChI=1S/C25H35N3O/c1-3-19-17-22-18-21(9-10-24(22)26-25(19)29)23(20-7-5-4-6-8-20)11-12-28-15-13-27(2)14-16-28/h9-11,17-18,20H,3-8,12-16H2,1-2H3,(H,26,29). The minimum Gasteiger partial charge on any atom is -0.322 e. The number of aromatic nitrogens is 1. The lowest BCUT2D eigenvalue weighted by molar-refractivity contribution is 0.166. The number of rotatable bonds is 5. The summed E-state index contributed by atoms with van der Waals surface area (Å²) in [5.74, 6) is 0.669. The summed E-state index contributed by atoms with van der Waals surface area (Å²) in [6.07, 6.45) is 9.95. The zero-order chi connectivity index (χ0) is 20.2. The van der Waals surface area contributed by atoms with Crippen LogP contribution in [-0.2, 0) is 6.42 Å². The van der Waals surface area contributed by atoms with Crippen molar-refractivity contribution >= 4 is 16.5 Å². The first-order valence-corrected chi connectivity index (χ1v) is 11.4. The monoisotopic (exact) mass is 393 g/mol. The fourth-order valence-electron chi connectivity index (χ4n) is 4.89. The van der Waals surface area contributed by atoms with Crippen LogP contribution in [0.25, 0.3) is 16.5 Å². The summed E-state index contributed by atoms with van der Waals surface area (Å²) in [7, 11) is 2.21. The van der Waals surface area contributed by atoms with Crippen molar-refractivity contribution in [3.05, 3.63) is 51.8 Å². The summed E-state index contributed by atoms with van der Waals surface area (Å²) in [5, 5.41) is 1.15. The third-order valence-corrected chi connectivity index (χ3v) is 6.85. The van der Waals surface area contributed by atoms with Gasteiger partial charge in [-0.1, -0.05) is 38.3 Å². The zero-order valence-electron chi connectivity index (χ0n) is 18.0. The van der Waals surface area contributed by atoms with Crippen molar-refractivity contribution in [2.24, 2.45) is 5.92 Å². The molecule has 4 rings (SSSR count). The van der Waals surface area contributed by atoms with Crippen LogP contribution in [-0.4, -0.2) is 54.6 Å². The number of benzene rings is 1. The maximum atomic E-state index is 12.2. The van der Waals surface area contributed by atoms with E-state index in [2.05, 4.69) is 52.2 Å². The molecule has 2 aliphatic rings. The third kappa shape index (κ3) is 4.81. The summed E-state index contributed by atoms with van der Waals surface area (Å²) >= 11 is 0. The third-order valence-electron chi connectivity index (χ3n) is 6.85. The number of hydrogen-bond acceptors (Lipinski definition) is 3. The maximum Gasteiger partial charge on any atom is 0.251 e. The van der Waals surface area contributed by atoms with E-state index in [1.807, 2.05) is 6.92 Å². The lowest BCUT2D eigenvalue weighted by Gasteiger charge is -2.32. The minimum atomic E-state index is 0.0471. The van der Waals surface area contributed by atoms with Gasteiger partial charge in [-0.15, -0.1) is 0 Å². The van der Waals surface area contributed by atoms with Crippen molar-refractivity contribution in [2.45, 2.75) is 45.4 Å². The quantitative estimate of drug-likeness (QED) is 0.823. The van der Waals surface area contributed by atoms with Gasteiger partial charge in [0.1, 0.15) is 0 Å². The number of aromatic amines is 1. The molecule has 0 amide bonds. The fraction of sp³-hybridized carbons (Fsp3) is 0.560. The van der Waals surface area contributed by atoms with Gasteiger partial charge in [-0.2, -0.15) is 0 Å². The van der Waals surface area contributed by atoms with E-state index in [4.69, 9.17) is 0 Å². The molecule has 1 saturated heterocycles. The van der Waals surface area contributed by atoms with Crippen LogP contribution in [0.4, 0.5) is 0 Å². The number of allylic oxidation sites excluding steroid dienone is 1. The van der Waals surface area contributed by atoms with Crippen molar-refractivity contribution in [3.8, 4) is 0 Å². The van der Waals surface area contributed by atoms with E-state index in [1.165, 1.54) is 43.2 Å². The molecule has 4 nitrogen and oxygen atoms in total. The van der Waals surface area contributed by atoms with E-state index >= 15 is 0 Å². The molecule has 0 unspecified atom stereocenters. The Kier molecular flexibility index (Phi) is 6.51. The van der Waals surface area contributed by atoms with Gasteiger partial charge in [0.15, 0.2) is 0 Å². The van der Waals surface area contributed by atoms with Crippen LogP contribution in [0.5, 0.6) is 0 Å². The van der Waals surface area contributed by atoms with E-state index in [0.717, 1.165) is 55.6 Å². The van der Waals surface area contributed by atoms with E-state index < -0.39 is 0 Å². The minimum absolute atomic E-state index is 0.0471. The summed E-state index contributed by atoms with van der Waals surface area (Å²) in [4.78, 5) is 20.2. The molecule has 4 heteroatoms. The van der Waals surface area contributed by atoms with Gasteiger partial charge >= 0.3 is 0 Å². The smallest absolute Gasteiger partial charge is 0.251 e. The molecule has 0 radical (unpaired) electrons. The summed E-state index contributed by atoms with van der Waals surface area (Å²) < 4.78 is 0. The van der Waals surface area contributed by atoms with Gasteiger partial charge in [0.05, 0.1) is 0 Å². The zero-order valence-corrected chi connectivity index (χ0v) is 18.0. The van der Waals surface area contributed by atoms with Crippen LogP contribution >= 0.6 is 0 Å². The molecule has 1 aliphatic heterocycles. The van der Waals surface area contributed by atoms with Crippen molar-refractivity contribution < 1.29 is 0 Å². The molecule has 0 bridgehead atoms. The molecule has 0 atom stereocenters. The van der Waals surface area contributed by atoms with Crippen LogP contribution in [0.15, 0.2) is 35.1 Å². The number of piperazine rings is 1. The number of H-pyrrole nitrogens is 1. The predicted octanol–water partition coefficient (Wildman–Crippen LogP) is 4.30. The van der Waals surface area contributed by atoms with Crippen molar-refractivity contribution in [1.29, 1.82) is 0 Å². The molecule has 2 fully saturated rings. The molecule has 156 valence electrons. The molecule has 29 heavy (non-hydrogen) atoms. The van der Waals surface area contributed by atoms with E-state index in [-0.39, 0.29) is 5.56 Å². The van der Waals surface area contributed by atoms with Gasteiger partial charge in [-0.25, -0.2) is 0 Å². The number of hydrogen-bond donors (Lipinski definition) is 1. The Bertz CT molecular complexity index is 915. The van der Waals surface area contributed by atoms with Crippen LogP contribution in [0.1, 0.15) is 50.2 Å². The molecule has 2 aromatic rings. The lowest BCUT2D eigenvalue weighted by atomic mass is 9.80. The first kappa shape index (κ1) is 20.4. The summed E-state index contributed by atoms with van der Waals surface area (Å²) in [6, 6.07) is 8.69. The molecule has 1 saturated carbocycles. The van der Waals surface area contributed by atoms with Gasteiger partial charge < -0.3 is 9.88 Å². The number of nitrogens with zero attached hydrogens (tertiary/aromatic N) is 2. The van der Waals surface area contributed by atoms with Gasteiger partial charge in [0, 0.05) is 43.8 Å². The number of aryl methyl sites for hydroxylation is 1. The fourth-order valence-corrected chi connectivity index (χ4v) is 4.89. The highest BCUT2D eigenvalue weighted by molar-refractivity contribution is 5.84. The SMILES string of the molecule is CCc1cc2cc(C(=CCN3CCN(C)CC3)C3CCCCC3)ccc2[nH]c1=O. The van der Waals surface area contributed by atoms with Gasteiger partial charge in [0.2, 0.25) is 0 Å². The van der Waals surface area contributed by atoms with Crippen LogP contribution in [0, 0.1) is 5.92 Å². The molecular weight excluding hydrogens is 358 g/mol. The van der Waals surface area contributed by atoms with Crippen molar-refractivity contribution in [2.75, 3.05) is 39.8 Å². The van der Waals surface area contributed by atoms with Gasteiger partial charge in [-0.05, 0) is 66.9 Å². The molecule has 1 N–H and O–H groups in total. The number of pyridine rings is 1. The summed E-state index contributed by atoms with van der Waals surface area (Å²) in [5.41, 5.74) is 4.72. The highest BCUT2D eigenvalue weighted by atomic mass is 16.1. The van der Waals surface area contributed by atoms with E-state index in [0.29, 0.717) is 5.92 Å². The topological polar surface area (TPSA) is 39.3 Å². The largest absolute Gasteiger partial charge is 0.322 e. The Hall–Kier alpha value is -1.91. The molecule has 1 aromatic heterocycles.